The Morgan fingerprint density at radius 2 is 2.20 bits per heavy atom. The van der Waals surface area contributed by atoms with Crippen LogP contribution in [0.4, 0.5) is 0 Å². The Morgan fingerprint density at radius 1 is 1.45 bits per heavy atom. The van der Waals surface area contributed by atoms with Crippen LogP contribution >= 0.6 is 23.4 Å². The van der Waals surface area contributed by atoms with Gasteiger partial charge in [0.15, 0.2) is 0 Å². The van der Waals surface area contributed by atoms with Gasteiger partial charge in [-0.3, -0.25) is 0 Å². The zero-order chi connectivity index (χ0) is 14.7. The molecule has 0 radical (unpaired) electrons. The van der Waals surface area contributed by atoms with Gasteiger partial charge in [0.25, 0.3) is 0 Å². The van der Waals surface area contributed by atoms with E-state index in [1.54, 1.807) is 7.11 Å². The van der Waals surface area contributed by atoms with Crippen molar-refractivity contribution in [2.45, 2.75) is 31.7 Å². The maximum Gasteiger partial charge on any atom is 0.146 e. The molecule has 5 heteroatoms. The van der Waals surface area contributed by atoms with Crippen molar-refractivity contribution in [3.8, 4) is 5.75 Å². The van der Waals surface area contributed by atoms with E-state index in [0.717, 1.165) is 34.8 Å². The highest BCUT2D eigenvalue weighted by Gasteiger charge is 2.22. The molecule has 0 amide bonds. The van der Waals surface area contributed by atoms with E-state index >= 15 is 0 Å². The van der Waals surface area contributed by atoms with Crippen LogP contribution in [0.25, 0.3) is 11.0 Å². The van der Waals surface area contributed by atoms with Crippen LogP contribution in [0, 0.1) is 0 Å². The maximum atomic E-state index is 6.35. The average Bonchev–Trinajstić information content (AvgIpc) is 2.84. The molecular formula is C15H21ClN2OS. The zero-order valence-electron chi connectivity index (χ0n) is 12.4. The molecule has 3 nitrogen and oxygen atoms in total. The average molecular weight is 313 g/mol. The van der Waals surface area contributed by atoms with Crippen LogP contribution in [0.1, 0.15) is 37.5 Å². The minimum Gasteiger partial charge on any atom is -0.494 e. The lowest BCUT2D eigenvalue weighted by Crippen LogP contribution is -2.14. The molecule has 0 aliphatic carbocycles. The van der Waals surface area contributed by atoms with Gasteiger partial charge in [-0.15, -0.1) is 11.6 Å². The highest BCUT2D eigenvalue weighted by atomic mass is 35.5. The second-order valence-corrected chi connectivity index (χ2v) is 6.37. The highest BCUT2D eigenvalue weighted by molar-refractivity contribution is 7.98. The number of imidazole rings is 1. The number of thioether (sulfide) groups is 1. The fraction of sp³-hybridized carbons (Fsp3) is 0.533. The standard InChI is InChI=1S/C15H21ClN2OS/c1-5-11(9-20-4)18-12-7-6-8-13(19-3)14(12)17-15(18)10(2)16/h6-8,10-11H,5,9H2,1-4H3. The fourth-order valence-corrected chi connectivity index (χ4v) is 3.43. The van der Waals surface area contributed by atoms with Gasteiger partial charge >= 0.3 is 0 Å². The molecule has 0 spiro atoms. The summed E-state index contributed by atoms with van der Waals surface area (Å²) >= 11 is 8.19. The third-order valence-electron chi connectivity index (χ3n) is 3.48. The number of rotatable bonds is 6. The molecule has 0 saturated heterocycles. The number of halogens is 1. The van der Waals surface area contributed by atoms with Crippen LogP contribution in [0.2, 0.25) is 0 Å². The normalized spacial score (nSPS) is 14.4. The predicted octanol–water partition coefficient (Wildman–Crippen LogP) is 4.66. The van der Waals surface area contributed by atoms with Crippen LogP contribution in [-0.4, -0.2) is 28.7 Å². The number of alkyl halides is 1. The van der Waals surface area contributed by atoms with Crippen molar-refractivity contribution < 1.29 is 4.74 Å². The SMILES string of the molecule is CCC(CSC)n1c(C(C)Cl)nc2c(OC)cccc21. The second kappa shape index (κ2) is 6.72. The molecule has 0 aliphatic heterocycles. The molecular weight excluding hydrogens is 292 g/mol. The Morgan fingerprint density at radius 3 is 2.75 bits per heavy atom. The first-order valence-electron chi connectivity index (χ1n) is 6.81. The number of ether oxygens (including phenoxy) is 1. The Kier molecular flexibility index (Phi) is 5.22. The molecule has 1 aromatic carbocycles. The fourth-order valence-electron chi connectivity index (χ4n) is 2.51. The Hall–Kier alpha value is -0.870. The maximum absolute atomic E-state index is 6.35. The Labute approximate surface area is 129 Å². The molecule has 20 heavy (non-hydrogen) atoms. The summed E-state index contributed by atoms with van der Waals surface area (Å²) in [4.78, 5) is 4.73. The first-order valence-corrected chi connectivity index (χ1v) is 8.64. The lowest BCUT2D eigenvalue weighted by atomic mass is 10.2. The van der Waals surface area contributed by atoms with Gasteiger partial charge in [-0.25, -0.2) is 4.98 Å². The summed E-state index contributed by atoms with van der Waals surface area (Å²) in [6.45, 7) is 4.17. The van der Waals surface area contributed by atoms with E-state index < -0.39 is 0 Å². The number of para-hydroxylation sites is 1. The third-order valence-corrected chi connectivity index (χ3v) is 4.39. The number of fused-ring (bicyclic) bond motifs is 1. The van der Waals surface area contributed by atoms with Crippen molar-refractivity contribution in [3.05, 3.63) is 24.0 Å². The Balaban J connectivity index is 2.68. The van der Waals surface area contributed by atoms with Gasteiger partial charge in [0, 0.05) is 11.8 Å². The van der Waals surface area contributed by atoms with Crippen molar-refractivity contribution in [1.82, 2.24) is 9.55 Å². The van der Waals surface area contributed by atoms with E-state index in [2.05, 4.69) is 23.8 Å². The number of hydrogen-bond acceptors (Lipinski definition) is 3. The third kappa shape index (κ3) is 2.77. The zero-order valence-corrected chi connectivity index (χ0v) is 14.0. The number of aromatic nitrogens is 2. The molecule has 0 bridgehead atoms. The predicted molar refractivity (Wildman–Crippen MR) is 88.3 cm³/mol. The molecule has 0 saturated carbocycles. The lowest BCUT2D eigenvalue weighted by Gasteiger charge is -2.20. The minimum atomic E-state index is -0.122. The summed E-state index contributed by atoms with van der Waals surface area (Å²) < 4.78 is 7.71. The van der Waals surface area contributed by atoms with Crippen molar-refractivity contribution in [1.29, 1.82) is 0 Å². The van der Waals surface area contributed by atoms with Crippen molar-refractivity contribution in [2.24, 2.45) is 0 Å². The van der Waals surface area contributed by atoms with Gasteiger partial charge in [0.05, 0.1) is 18.0 Å². The molecule has 0 N–H and O–H groups in total. The summed E-state index contributed by atoms with van der Waals surface area (Å²) in [6, 6.07) is 6.45. The van der Waals surface area contributed by atoms with Crippen LogP contribution in [0.15, 0.2) is 18.2 Å². The molecule has 2 rings (SSSR count). The van der Waals surface area contributed by atoms with E-state index in [-0.39, 0.29) is 5.38 Å². The van der Waals surface area contributed by atoms with E-state index in [0.29, 0.717) is 6.04 Å². The number of nitrogens with zero attached hydrogens (tertiary/aromatic N) is 2. The van der Waals surface area contributed by atoms with Crippen molar-refractivity contribution >= 4 is 34.4 Å². The second-order valence-electron chi connectivity index (χ2n) is 4.80. The minimum absolute atomic E-state index is 0.122. The molecule has 1 heterocycles. The summed E-state index contributed by atoms with van der Waals surface area (Å²) in [7, 11) is 1.68. The number of methoxy groups -OCH3 is 1. The number of benzene rings is 1. The summed E-state index contributed by atoms with van der Waals surface area (Å²) in [5.74, 6) is 2.78. The topological polar surface area (TPSA) is 27.1 Å². The summed E-state index contributed by atoms with van der Waals surface area (Å²) in [5.41, 5.74) is 2.00. The van der Waals surface area contributed by atoms with Gasteiger partial charge < -0.3 is 9.30 Å². The van der Waals surface area contributed by atoms with Gasteiger partial charge in [-0.1, -0.05) is 13.0 Å². The van der Waals surface area contributed by atoms with E-state index in [1.807, 2.05) is 30.8 Å². The molecule has 2 atom stereocenters. The largest absolute Gasteiger partial charge is 0.494 e. The Bertz CT molecular complexity index is 583. The first kappa shape index (κ1) is 15.5. The smallest absolute Gasteiger partial charge is 0.146 e. The van der Waals surface area contributed by atoms with Crippen LogP contribution < -0.4 is 4.74 Å². The van der Waals surface area contributed by atoms with Gasteiger partial charge in [-0.05, 0) is 31.7 Å². The summed E-state index contributed by atoms with van der Waals surface area (Å²) in [5, 5.41) is -0.122. The lowest BCUT2D eigenvalue weighted by molar-refractivity contribution is 0.419. The van der Waals surface area contributed by atoms with Crippen LogP contribution in [-0.2, 0) is 0 Å². The van der Waals surface area contributed by atoms with E-state index in [4.69, 9.17) is 21.3 Å². The van der Waals surface area contributed by atoms with Crippen LogP contribution in [0.3, 0.4) is 0 Å². The van der Waals surface area contributed by atoms with E-state index in [1.165, 1.54) is 0 Å². The van der Waals surface area contributed by atoms with Crippen molar-refractivity contribution in [2.75, 3.05) is 19.1 Å². The van der Waals surface area contributed by atoms with Crippen LogP contribution in [0.5, 0.6) is 5.75 Å². The first-order chi connectivity index (χ1) is 9.63. The molecule has 1 aromatic heterocycles. The van der Waals surface area contributed by atoms with Gasteiger partial charge in [-0.2, -0.15) is 11.8 Å². The molecule has 0 aliphatic rings. The molecule has 0 fully saturated rings. The molecule has 110 valence electrons. The van der Waals surface area contributed by atoms with Gasteiger partial charge in [0.2, 0.25) is 0 Å². The molecule has 2 unspecified atom stereocenters. The van der Waals surface area contributed by atoms with E-state index in [9.17, 15) is 0 Å². The number of hydrogen-bond donors (Lipinski definition) is 0. The van der Waals surface area contributed by atoms with Gasteiger partial charge in [0.1, 0.15) is 17.1 Å². The summed E-state index contributed by atoms with van der Waals surface area (Å²) in [6.07, 6.45) is 3.19. The van der Waals surface area contributed by atoms with Crippen molar-refractivity contribution in [3.63, 3.8) is 0 Å². The monoisotopic (exact) mass is 312 g/mol. The quantitative estimate of drug-likeness (QED) is 0.726. The molecule has 2 aromatic rings. The highest BCUT2D eigenvalue weighted by Crippen LogP contribution is 2.34.